The minimum absolute atomic E-state index is 0.146. The Hall–Kier alpha value is -1.13. The number of nitrogens with zero attached hydrogens (tertiary/aromatic N) is 2. The van der Waals surface area contributed by atoms with Gasteiger partial charge in [-0.2, -0.15) is 4.98 Å². The number of aromatic nitrogens is 2. The first-order valence-corrected chi connectivity index (χ1v) is 6.74. The summed E-state index contributed by atoms with van der Waals surface area (Å²) in [5.74, 6) is 0.697. The summed E-state index contributed by atoms with van der Waals surface area (Å²) in [5, 5.41) is 3.54. The Kier molecular flexibility index (Phi) is 4.19. The Bertz CT molecular complexity index is 542. The quantitative estimate of drug-likeness (QED) is 0.851. The molecular weight excluding hydrogens is 314 g/mol. The second kappa shape index (κ2) is 5.67. The molecule has 1 unspecified atom stereocenters. The largest absolute Gasteiger partial charge is 0.362 e. The smallest absolute Gasteiger partial charge is 0.224 e. The lowest BCUT2D eigenvalue weighted by Gasteiger charge is -2.16. The molecule has 0 saturated heterocycles. The zero-order chi connectivity index (χ0) is 13.1. The molecule has 2 aromatic rings. The molecule has 0 radical (unpaired) electrons. The van der Waals surface area contributed by atoms with E-state index in [0.29, 0.717) is 5.82 Å². The average Bonchev–Trinajstić information content (AvgIpc) is 2.34. The van der Waals surface area contributed by atoms with Crippen LogP contribution >= 0.6 is 27.5 Å². The van der Waals surface area contributed by atoms with Crippen molar-refractivity contribution in [3.8, 4) is 0 Å². The van der Waals surface area contributed by atoms with Gasteiger partial charge in [0, 0.05) is 12.2 Å². The molecule has 0 aliphatic heterocycles. The fourth-order valence-corrected chi connectivity index (χ4v) is 2.03. The lowest BCUT2D eigenvalue weighted by Crippen LogP contribution is -2.08. The average molecular weight is 327 g/mol. The zero-order valence-electron chi connectivity index (χ0n) is 10.1. The maximum atomic E-state index is 5.78. The minimum atomic E-state index is 0.146. The molecule has 0 spiro atoms. The van der Waals surface area contributed by atoms with Crippen LogP contribution in [0.1, 0.15) is 24.1 Å². The fourth-order valence-electron chi connectivity index (χ4n) is 1.59. The van der Waals surface area contributed by atoms with Crippen molar-refractivity contribution in [2.75, 3.05) is 5.32 Å². The zero-order valence-corrected chi connectivity index (χ0v) is 12.5. The Morgan fingerprint density at radius 1 is 1.28 bits per heavy atom. The van der Waals surface area contributed by atoms with Gasteiger partial charge >= 0.3 is 0 Å². The van der Waals surface area contributed by atoms with Gasteiger partial charge < -0.3 is 5.32 Å². The van der Waals surface area contributed by atoms with Crippen LogP contribution in [0.3, 0.4) is 0 Å². The van der Waals surface area contributed by atoms with Gasteiger partial charge in [0.15, 0.2) is 0 Å². The van der Waals surface area contributed by atoms with Crippen LogP contribution in [-0.2, 0) is 0 Å². The van der Waals surface area contributed by atoms with Gasteiger partial charge in [0.1, 0.15) is 5.82 Å². The first kappa shape index (κ1) is 13.3. The Morgan fingerprint density at radius 3 is 2.61 bits per heavy atom. The van der Waals surface area contributed by atoms with E-state index in [-0.39, 0.29) is 11.3 Å². The summed E-state index contributed by atoms with van der Waals surface area (Å²) in [5.41, 5.74) is 2.44. The molecule has 18 heavy (non-hydrogen) atoms. The number of anilines is 1. The van der Waals surface area contributed by atoms with E-state index in [4.69, 9.17) is 11.6 Å². The highest BCUT2D eigenvalue weighted by atomic mass is 79.9. The SMILES string of the molecule is Cc1ccc(C(C)Nc2nc(Cl)ncc2Br)cc1. The molecule has 0 aliphatic rings. The monoisotopic (exact) mass is 325 g/mol. The topological polar surface area (TPSA) is 37.8 Å². The van der Waals surface area contributed by atoms with Crippen molar-refractivity contribution in [3.05, 3.63) is 51.3 Å². The Labute approximate surface area is 120 Å². The summed E-state index contributed by atoms with van der Waals surface area (Å²) in [7, 11) is 0. The molecule has 94 valence electrons. The fraction of sp³-hybridized carbons (Fsp3) is 0.231. The molecule has 5 heteroatoms. The number of benzene rings is 1. The van der Waals surface area contributed by atoms with Crippen LogP contribution in [-0.4, -0.2) is 9.97 Å². The van der Waals surface area contributed by atoms with Gasteiger partial charge in [-0.3, -0.25) is 0 Å². The predicted octanol–water partition coefficient (Wildman–Crippen LogP) is 4.37. The molecule has 1 atom stereocenters. The molecule has 1 N–H and O–H groups in total. The maximum absolute atomic E-state index is 5.78. The molecule has 3 nitrogen and oxygen atoms in total. The second-order valence-corrected chi connectivity index (χ2v) is 5.30. The summed E-state index contributed by atoms with van der Waals surface area (Å²) in [4.78, 5) is 8.05. The molecule has 0 bridgehead atoms. The third-order valence-corrected chi connectivity index (χ3v) is 3.41. The molecule has 0 amide bonds. The van der Waals surface area contributed by atoms with Crippen LogP contribution < -0.4 is 5.32 Å². The molecule has 1 aromatic heterocycles. The van der Waals surface area contributed by atoms with Crippen molar-refractivity contribution in [1.82, 2.24) is 9.97 Å². The van der Waals surface area contributed by atoms with Crippen LogP contribution in [0.25, 0.3) is 0 Å². The molecule has 0 fully saturated rings. The van der Waals surface area contributed by atoms with Gasteiger partial charge in [-0.1, -0.05) is 29.8 Å². The first-order chi connectivity index (χ1) is 8.56. The predicted molar refractivity (Wildman–Crippen MR) is 78.0 cm³/mol. The van der Waals surface area contributed by atoms with E-state index >= 15 is 0 Å². The molecule has 1 aromatic carbocycles. The van der Waals surface area contributed by atoms with Crippen LogP contribution in [0.2, 0.25) is 5.28 Å². The highest BCUT2D eigenvalue weighted by molar-refractivity contribution is 9.10. The number of nitrogens with one attached hydrogen (secondary N) is 1. The Morgan fingerprint density at radius 2 is 1.94 bits per heavy atom. The van der Waals surface area contributed by atoms with Gasteiger partial charge in [-0.15, -0.1) is 0 Å². The Balaban J connectivity index is 2.18. The number of hydrogen-bond donors (Lipinski definition) is 1. The lowest BCUT2D eigenvalue weighted by atomic mass is 10.1. The van der Waals surface area contributed by atoms with E-state index in [0.717, 1.165) is 4.47 Å². The third-order valence-electron chi connectivity index (χ3n) is 2.65. The lowest BCUT2D eigenvalue weighted by molar-refractivity contribution is 0.869. The van der Waals surface area contributed by atoms with Crippen molar-refractivity contribution >= 4 is 33.3 Å². The summed E-state index contributed by atoms with van der Waals surface area (Å²) in [6, 6.07) is 8.53. The standard InChI is InChI=1S/C13H13BrClN3/c1-8-3-5-10(6-4-8)9(2)17-12-11(14)7-16-13(15)18-12/h3-7,9H,1-2H3,(H,16,17,18). The van der Waals surface area contributed by atoms with Gasteiger partial charge in [0.2, 0.25) is 5.28 Å². The van der Waals surface area contributed by atoms with Crippen LogP contribution in [0.4, 0.5) is 5.82 Å². The van der Waals surface area contributed by atoms with Gasteiger partial charge in [0.25, 0.3) is 0 Å². The van der Waals surface area contributed by atoms with Gasteiger partial charge in [0.05, 0.1) is 4.47 Å². The number of halogens is 2. The minimum Gasteiger partial charge on any atom is -0.362 e. The van der Waals surface area contributed by atoms with Crippen LogP contribution in [0.15, 0.2) is 34.9 Å². The second-order valence-electron chi connectivity index (χ2n) is 4.11. The van der Waals surface area contributed by atoms with Crippen molar-refractivity contribution in [2.24, 2.45) is 0 Å². The number of aryl methyl sites for hydroxylation is 1. The van der Waals surface area contributed by atoms with Gasteiger partial charge in [-0.05, 0) is 46.9 Å². The van der Waals surface area contributed by atoms with Crippen LogP contribution in [0.5, 0.6) is 0 Å². The molecule has 0 saturated carbocycles. The van der Waals surface area contributed by atoms with E-state index in [2.05, 4.69) is 69.3 Å². The van der Waals surface area contributed by atoms with Crippen molar-refractivity contribution in [2.45, 2.75) is 19.9 Å². The summed E-state index contributed by atoms with van der Waals surface area (Å²) in [6.07, 6.45) is 1.64. The summed E-state index contributed by atoms with van der Waals surface area (Å²) in [6.45, 7) is 4.15. The van der Waals surface area contributed by atoms with Gasteiger partial charge in [-0.25, -0.2) is 4.98 Å². The third kappa shape index (κ3) is 3.21. The number of hydrogen-bond acceptors (Lipinski definition) is 3. The summed E-state index contributed by atoms with van der Waals surface area (Å²) >= 11 is 9.18. The molecule has 2 rings (SSSR count). The van der Waals surface area contributed by atoms with Crippen molar-refractivity contribution < 1.29 is 0 Å². The molecular formula is C13H13BrClN3. The number of rotatable bonds is 3. The van der Waals surface area contributed by atoms with E-state index < -0.39 is 0 Å². The van der Waals surface area contributed by atoms with E-state index in [1.54, 1.807) is 6.20 Å². The van der Waals surface area contributed by atoms with E-state index in [9.17, 15) is 0 Å². The van der Waals surface area contributed by atoms with E-state index in [1.165, 1.54) is 11.1 Å². The molecule has 0 aliphatic carbocycles. The summed E-state index contributed by atoms with van der Waals surface area (Å²) < 4.78 is 0.797. The van der Waals surface area contributed by atoms with Crippen molar-refractivity contribution in [1.29, 1.82) is 0 Å². The molecule has 1 heterocycles. The first-order valence-electron chi connectivity index (χ1n) is 5.57. The normalized spacial score (nSPS) is 12.2. The van der Waals surface area contributed by atoms with Crippen LogP contribution in [0, 0.1) is 6.92 Å². The van der Waals surface area contributed by atoms with Crippen molar-refractivity contribution in [3.63, 3.8) is 0 Å². The highest BCUT2D eigenvalue weighted by Crippen LogP contribution is 2.25. The maximum Gasteiger partial charge on any atom is 0.224 e. The highest BCUT2D eigenvalue weighted by Gasteiger charge is 2.09. The van der Waals surface area contributed by atoms with E-state index in [1.807, 2.05) is 0 Å².